The highest BCUT2D eigenvalue weighted by molar-refractivity contribution is 7.80. The number of benzene rings is 2. The van der Waals surface area contributed by atoms with Gasteiger partial charge in [0, 0.05) is 22.0 Å². The van der Waals surface area contributed by atoms with E-state index in [0.717, 1.165) is 15.1 Å². The summed E-state index contributed by atoms with van der Waals surface area (Å²) in [5, 5.41) is 11.0. The topological polar surface area (TPSA) is 93.8 Å². The van der Waals surface area contributed by atoms with Gasteiger partial charge in [-0.1, -0.05) is 32.0 Å². The van der Waals surface area contributed by atoms with Gasteiger partial charge in [-0.3, -0.25) is 8.51 Å². The molecular formula is C17H16NO5S-. The van der Waals surface area contributed by atoms with Gasteiger partial charge in [0.05, 0.1) is 5.69 Å². The minimum atomic E-state index is -2.72. The van der Waals surface area contributed by atoms with E-state index in [9.17, 15) is 18.7 Å². The van der Waals surface area contributed by atoms with E-state index in [2.05, 4.69) is 0 Å². The monoisotopic (exact) mass is 346 g/mol. The lowest BCUT2D eigenvalue weighted by Crippen LogP contribution is -2.45. The van der Waals surface area contributed by atoms with E-state index in [0.29, 0.717) is 16.9 Å². The van der Waals surface area contributed by atoms with Crippen LogP contribution in [0.5, 0.6) is 0 Å². The fourth-order valence-electron chi connectivity index (χ4n) is 2.85. The molecule has 0 spiro atoms. The maximum atomic E-state index is 11.7. The van der Waals surface area contributed by atoms with Gasteiger partial charge in [-0.15, -0.1) is 0 Å². The van der Waals surface area contributed by atoms with Crippen LogP contribution in [0.15, 0.2) is 46.9 Å². The summed E-state index contributed by atoms with van der Waals surface area (Å²) in [4.78, 5) is 11.6. The van der Waals surface area contributed by atoms with E-state index >= 15 is 0 Å². The number of rotatable bonds is 5. The highest BCUT2D eigenvalue weighted by Gasteiger charge is 2.30. The summed E-state index contributed by atoms with van der Waals surface area (Å²) in [7, 11) is 0. The third kappa shape index (κ3) is 2.76. The molecule has 1 N–H and O–H groups in total. The van der Waals surface area contributed by atoms with Gasteiger partial charge in [-0.05, 0) is 30.2 Å². The standard InChI is InChI=1S/C17H17NO5S/c1-10(2)16(17(19)20)18(24(21)22)11-7-8-15-13(9-11)12-5-3-4-6-14(12)23-15/h3-10,16H,1-2H3,(H,19,20)(H,21,22)/p-1. The van der Waals surface area contributed by atoms with E-state index < -0.39 is 29.2 Å². The fourth-order valence-corrected chi connectivity index (χ4v) is 3.65. The Hall–Kier alpha value is -2.38. The van der Waals surface area contributed by atoms with E-state index in [1.807, 2.05) is 24.3 Å². The van der Waals surface area contributed by atoms with Crippen LogP contribution in [0.3, 0.4) is 0 Å². The molecule has 0 saturated carbocycles. The number of furan rings is 1. The average Bonchev–Trinajstić information content (AvgIpc) is 2.89. The predicted molar refractivity (Wildman–Crippen MR) is 91.4 cm³/mol. The third-order valence-corrected chi connectivity index (χ3v) is 4.67. The number of hydrogen-bond acceptors (Lipinski definition) is 4. The van der Waals surface area contributed by atoms with Crippen molar-refractivity contribution in [1.29, 1.82) is 0 Å². The Bertz CT molecular complexity index is 933. The molecule has 0 aliphatic carbocycles. The number of carboxylic acid groups (broad SMARTS) is 1. The van der Waals surface area contributed by atoms with Gasteiger partial charge in [0.15, 0.2) is 0 Å². The second kappa shape index (κ2) is 6.26. The van der Waals surface area contributed by atoms with Crippen LogP contribution in [-0.2, 0) is 16.1 Å². The highest BCUT2D eigenvalue weighted by Crippen LogP contribution is 2.33. The van der Waals surface area contributed by atoms with Gasteiger partial charge < -0.3 is 14.1 Å². The Labute approximate surface area is 141 Å². The molecule has 126 valence electrons. The molecule has 6 nitrogen and oxygen atoms in total. The molecule has 0 amide bonds. The highest BCUT2D eigenvalue weighted by atomic mass is 32.2. The normalized spacial score (nSPS) is 14.2. The lowest BCUT2D eigenvalue weighted by Gasteiger charge is -2.34. The number of fused-ring (bicyclic) bond motifs is 3. The maximum absolute atomic E-state index is 11.7. The smallest absolute Gasteiger partial charge is 0.327 e. The second-order valence-electron chi connectivity index (χ2n) is 5.85. The van der Waals surface area contributed by atoms with Gasteiger partial charge in [0.25, 0.3) is 0 Å². The average molecular weight is 346 g/mol. The summed E-state index contributed by atoms with van der Waals surface area (Å²) in [6, 6.07) is 11.1. The molecule has 0 aliphatic rings. The van der Waals surface area contributed by atoms with Crippen LogP contribution in [0, 0.1) is 5.92 Å². The minimum Gasteiger partial charge on any atom is -0.755 e. The van der Waals surface area contributed by atoms with E-state index in [1.54, 1.807) is 32.0 Å². The molecule has 7 heteroatoms. The summed E-state index contributed by atoms with van der Waals surface area (Å²) in [5.41, 5.74) is 1.61. The second-order valence-corrected chi connectivity index (χ2v) is 6.68. The number of para-hydroxylation sites is 1. The van der Waals surface area contributed by atoms with Crippen molar-refractivity contribution >= 4 is 44.9 Å². The Kier molecular flexibility index (Phi) is 4.29. The largest absolute Gasteiger partial charge is 0.755 e. The minimum absolute atomic E-state index is 0.295. The van der Waals surface area contributed by atoms with Crippen LogP contribution >= 0.6 is 0 Å². The molecule has 24 heavy (non-hydrogen) atoms. The summed E-state index contributed by atoms with van der Waals surface area (Å²) in [6.07, 6.45) is 0. The number of nitrogens with zero attached hydrogens (tertiary/aromatic N) is 1. The number of carbonyl (C=O) groups is 1. The van der Waals surface area contributed by atoms with Gasteiger partial charge in [-0.25, -0.2) is 4.79 Å². The number of hydrogen-bond donors (Lipinski definition) is 1. The molecule has 0 saturated heterocycles. The van der Waals surface area contributed by atoms with Gasteiger partial charge in [0.2, 0.25) is 0 Å². The molecule has 2 aromatic carbocycles. The Morgan fingerprint density at radius 2 is 1.83 bits per heavy atom. The first-order valence-corrected chi connectivity index (χ1v) is 8.46. The Balaban J connectivity index is 2.19. The first kappa shape index (κ1) is 16.5. The van der Waals surface area contributed by atoms with E-state index in [4.69, 9.17) is 4.42 Å². The predicted octanol–water partition coefficient (Wildman–Crippen LogP) is 3.30. The lowest BCUT2D eigenvalue weighted by molar-refractivity contribution is -0.139. The molecule has 2 unspecified atom stereocenters. The van der Waals surface area contributed by atoms with Crippen molar-refractivity contribution in [2.45, 2.75) is 19.9 Å². The summed E-state index contributed by atoms with van der Waals surface area (Å²) in [5.74, 6) is -1.58. The molecule has 0 aliphatic heterocycles. The quantitative estimate of drug-likeness (QED) is 0.715. The van der Waals surface area contributed by atoms with Crippen molar-refractivity contribution in [1.82, 2.24) is 0 Å². The van der Waals surface area contributed by atoms with Crippen LogP contribution in [0.25, 0.3) is 21.9 Å². The Morgan fingerprint density at radius 1 is 1.17 bits per heavy atom. The van der Waals surface area contributed by atoms with Crippen molar-refractivity contribution in [2.75, 3.05) is 4.31 Å². The number of carboxylic acids is 1. The summed E-state index contributed by atoms with van der Waals surface area (Å²) in [6.45, 7) is 3.34. The zero-order valence-corrected chi connectivity index (χ0v) is 13.9. The van der Waals surface area contributed by atoms with Crippen LogP contribution in [0.4, 0.5) is 5.69 Å². The molecular weight excluding hydrogens is 330 g/mol. The van der Waals surface area contributed by atoms with Gasteiger partial charge in [0.1, 0.15) is 17.2 Å². The maximum Gasteiger partial charge on any atom is 0.327 e. The molecule has 0 radical (unpaired) electrons. The van der Waals surface area contributed by atoms with Gasteiger partial charge >= 0.3 is 5.97 Å². The number of aliphatic carboxylic acids is 1. The lowest BCUT2D eigenvalue weighted by atomic mass is 10.0. The van der Waals surface area contributed by atoms with Crippen molar-refractivity contribution < 1.29 is 23.1 Å². The Morgan fingerprint density at radius 3 is 2.46 bits per heavy atom. The SMILES string of the molecule is CC(C)C(C(=O)O)N(c1ccc2oc3ccccc3c2c1)S(=O)[O-]. The molecule has 1 aromatic heterocycles. The van der Waals surface area contributed by atoms with Crippen molar-refractivity contribution in [2.24, 2.45) is 5.92 Å². The molecule has 0 bridgehead atoms. The van der Waals surface area contributed by atoms with E-state index in [1.165, 1.54) is 0 Å². The molecule has 3 aromatic rings. The van der Waals surface area contributed by atoms with Crippen LogP contribution in [-0.4, -0.2) is 25.9 Å². The van der Waals surface area contributed by atoms with Crippen LogP contribution in [0.1, 0.15) is 13.8 Å². The van der Waals surface area contributed by atoms with E-state index in [-0.39, 0.29) is 0 Å². The first-order chi connectivity index (χ1) is 11.4. The summed E-state index contributed by atoms with van der Waals surface area (Å²) < 4.78 is 30.1. The van der Waals surface area contributed by atoms with Crippen LogP contribution in [0.2, 0.25) is 0 Å². The molecule has 0 fully saturated rings. The third-order valence-electron chi connectivity index (χ3n) is 3.91. The molecule has 1 heterocycles. The number of anilines is 1. The molecule has 2 atom stereocenters. The first-order valence-electron chi connectivity index (χ1n) is 7.43. The molecule has 3 rings (SSSR count). The zero-order chi connectivity index (χ0) is 17.4. The van der Waals surface area contributed by atoms with Gasteiger partial charge in [-0.2, -0.15) is 0 Å². The van der Waals surface area contributed by atoms with Crippen molar-refractivity contribution in [3.63, 3.8) is 0 Å². The van der Waals surface area contributed by atoms with Crippen LogP contribution < -0.4 is 4.31 Å². The summed E-state index contributed by atoms with van der Waals surface area (Å²) >= 11 is -2.72. The van der Waals surface area contributed by atoms with Crippen molar-refractivity contribution in [3.8, 4) is 0 Å². The zero-order valence-electron chi connectivity index (χ0n) is 13.1. The van der Waals surface area contributed by atoms with Crippen molar-refractivity contribution in [3.05, 3.63) is 42.5 Å². The fraction of sp³-hybridized carbons (Fsp3) is 0.235.